The van der Waals surface area contributed by atoms with Gasteiger partial charge in [-0.1, -0.05) is 12.1 Å². The molecule has 1 N–H and O–H groups in total. The Kier molecular flexibility index (Phi) is 5.69. The minimum atomic E-state index is -3.42. The molecule has 0 heterocycles. The van der Waals surface area contributed by atoms with Gasteiger partial charge in [-0.3, -0.25) is 0 Å². The summed E-state index contributed by atoms with van der Waals surface area (Å²) in [6.45, 7) is 6.29. The molecule has 0 aliphatic carbocycles. The molecule has 110 valence electrons. The number of hydrogen-bond donors (Lipinski definition) is 1. The van der Waals surface area contributed by atoms with Crippen molar-refractivity contribution < 1.29 is 13.2 Å². The fourth-order valence-corrected chi connectivity index (χ4v) is 2.97. The molecular formula is C14H20N2O3S. The second-order valence-electron chi connectivity index (χ2n) is 5.08. The first kappa shape index (κ1) is 16.6. The van der Waals surface area contributed by atoms with Crippen LogP contribution in [0.25, 0.3) is 0 Å². The van der Waals surface area contributed by atoms with Crippen LogP contribution in [0.3, 0.4) is 0 Å². The van der Waals surface area contributed by atoms with Crippen LogP contribution in [0.4, 0.5) is 0 Å². The Morgan fingerprint density at radius 2 is 1.90 bits per heavy atom. The summed E-state index contributed by atoms with van der Waals surface area (Å²) in [5, 5.41) is 8.69. The summed E-state index contributed by atoms with van der Waals surface area (Å²) in [6, 6.07) is 8.50. The van der Waals surface area contributed by atoms with Gasteiger partial charge in [0.15, 0.2) is 0 Å². The van der Waals surface area contributed by atoms with Crippen LogP contribution >= 0.6 is 0 Å². The third-order valence-corrected chi connectivity index (χ3v) is 3.99. The van der Waals surface area contributed by atoms with Crippen LogP contribution in [0.5, 0.6) is 0 Å². The fraction of sp³-hybridized carbons (Fsp3) is 0.500. The van der Waals surface area contributed by atoms with Gasteiger partial charge in [-0.25, -0.2) is 13.1 Å². The van der Waals surface area contributed by atoms with Crippen LogP contribution < -0.4 is 4.72 Å². The lowest BCUT2D eigenvalue weighted by atomic mass is 10.1. The van der Waals surface area contributed by atoms with Gasteiger partial charge in [0.05, 0.1) is 23.0 Å². The standard InChI is InChI=1S/C14H20N2O3S/c1-4-19-14(2,3)11-16-20(17,18)10-13-7-5-12(9-15)6-8-13/h5-8,16H,4,10-11H2,1-3H3. The number of rotatable bonds is 7. The highest BCUT2D eigenvalue weighted by atomic mass is 32.2. The SMILES string of the molecule is CCOC(C)(C)CNS(=O)(=O)Cc1ccc(C#N)cc1. The van der Waals surface area contributed by atoms with Gasteiger partial charge in [-0.15, -0.1) is 0 Å². The van der Waals surface area contributed by atoms with Gasteiger partial charge in [-0.2, -0.15) is 5.26 Å². The molecule has 20 heavy (non-hydrogen) atoms. The van der Waals surface area contributed by atoms with Crippen molar-refractivity contribution in [2.24, 2.45) is 0 Å². The molecule has 0 saturated carbocycles. The zero-order chi connectivity index (χ0) is 15.2. The third-order valence-electron chi connectivity index (χ3n) is 2.69. The van der Waals surface area contributed by atoms with E-state index in [9.17, 15) is 8.42 Å². The molecule has 1 aromatic carbocycles. The van der Waals surface area contributed by atoms with Gasteiger partial charge in [0.2, 0.25) is 10.0 Å². The molecule has 0 atom stereocenters. The van der Waals surface area contributed by atoms with E-state index < -0.39 is 15.6 Å². The van der Waals surface area contributed by atoms with Crippen molar-refractivity contribution in [2.75, 3.05) is 13.2 Å². The van der Waals surface area contributed by atoms with Gasteiger partial charge < -0.3 is 4.74 Å². The van der Waals surface area contributed by atoms with Gasteiger partial charge in [0.1, 0.15) is 0 Å². The maximum absolute atomic E-state index is 12.0. The summed E-state index contributed by atoms with van der Waals surface area (Å²) in [6.07, 6.45) is 0. The molecule has 5 nitrogen and oxygen atoms in total. The van der Waals surface area contributed by atoms with Crippen molar-refractivity contribution >= 4 is 10.0 Å². The minimum absolute atomic E-state index is 0.110. The Balaban J connectivity index is 2.63. The zero-order valence-corrected chi connectivity index (χ0v) is 12.8. The Morgan fingerprint density at radius 1 is 1.30 bits per heavy atom. The predicted molar refractivity (Wildman–Crippen MR) is 77.5 cm³/mol. The summed E-state index contributed by atoms with van der Waals surface area (Å²) in [7, 11) is -3.42. The Bertz CT molecular complexity index is 571. The van der Waals surface area contributed by atoms with Crippen molar-refractivity contribution in [1.82, 2.24) is 4.72 Å². The number of hydrogen-bond acceptors (Lipinski definition) is 4. The Morgan fingerprint density at radius 3 is 2.40 bits per heavy atom. The monoisotopic (exact) mass is 296 g/mol. The Labute approximate surface area is 120 Å². The van der Waals surface area contributed by atoms with Crippen LogP contribution in [0.2, 0.25) is 0 Å². The molecule has 6 heteroatoms. The second kappa shape index (κ2) is 6.84. The molecule has 0 fully saturated rings. The normalized spacial score (nSPS) is 12.1. The van der Waals surface area contributed by atoms with Crippen LogP contribution in [0, 0.1) is 11.3 Å². The van der Waals surface area contributed by atoms with Crippen LogP contribution in [-0.4, -0.2) is 27.2 Å². The first-order chi connectivity index (χ1) is 9.28. The van der Waals surface area contributed by atoms with E-state index in [1.807, 2.05) is 26.8 Å². The van der Waals surface area contributed by atoms with Crippen molar-refractivity contribution in [2.45, 2.75) is 32.1 Å². The topological polar surface area (TPSA) is 79.2 Å². The van der Waals surface area contributed by atoms with Gasteiger partial charge >= 0.3 is 0 Å². The number of nitrogens with one attached hydrogen (secondary N) is 1. The zero-order valence-electron chi connectivity index (χ0n) is 12.0. The number of nitrogens with zero attached hydrogens (tertiary/aromatic N) is 1. The summed E-state index contributed by atoms with van der Waals surface area (Å²) in [5.41, 5.74) is 0.620. The molecular weight excluding hydrogens is 276 g/mol. The van der Waals surface area contributed by atoms with Crippen molar-refractivity contribution in [1.29, 1.82) is 5.26 Å². The van der Waals surface area contributed by atoms with E-state index in [1.165, 1.54) is 0 Å². The highest BCUT2D eigenvalue weighted by molar-refractivity contribution is 7.88. The van der Waals surface area contributed by atoms with Crippen molar-refractivity contribution in [3.8, 4) is 6.07 Å². The molecule has 0 unspecified atom stereocenters. The third kappa shape index (κ3) is 5.70. The maximum atomic E-state index is 12.0. The summed E-state index contributed by atoms with van der Waals surface area (Å²) in [4.78, 5) is 0. The van der Waals surface area contributed by atoms with E-state index in [1.54, 1.807) is 24.3 Å². The maximum Gasteiger partial charge on any atom is 0.215 e. The fourth-order valence-electron chi connectivity index (χ4n) is 1.67. The lowest BCUT2D eigenvalue weighted by molar-refractivity contribution is -0.00515. The molecule has 0 spiro atoms. The van der Waals surface area contributed by atoms with Crippen molar-refractivity contribution in [3.05, 3.63) is 35.4 Å². The molecule has 1 rings (SSSR count). The van der Waals surface area contributed by atoms with Crippen LogP contribution in [0.1, 0.15) is 31.9 Å². The molecule has 1 aromatic rings. The average molecular weight is 296 g/mol. The van der Waals surface area contributed by atoms with Crippen molar-refractivity contribution in [3.63, 3.8) is 0 Å². The lowest BCUT2D eigenvalue weighted by Crippen LogP contribution is -2.40. The lowest BCUT2D eigenvalue weighted by Gasteiger charge is -2.24. The quantitative estimate of drug-likeness (QED) is 0.832. The number of ether oxygens (including phenoxy) is 1. The molecule has 0 amide bonds. The molecule has 0 radical (unpaired) electrons. The van der Waals surface area contributed by atoms with Crippen LogP contribution in [-0.2, 0) is 20.5 Å². The molecule has 0 aliphatic rings. The highest BCUT2D eigenvalue weighted by Gasteiger charge is 2.21. The van der Waals surface area contributed by atoms with Gasteiger partial charge in [0.25, 0.3) is 0 Å². The largest absolute Gasteiger partial charge is 0.375 e. The molecule has 0 bridgehead atoms. The first-order valence-electron chi connectivity index (χ1n) is 6.38. The number of nitriles is 1. The van der Waals surface area contributed by atoms with E-state index in [2.05, 4.69) is 4.72 Å². The summed E-state index contributed by atoms with van der Waals surface area (Å²) >= 11 is 0. The smallest absolute Gasteiger partial charge is 0.215 e. The predicted octanol–water partition coefficient (Wildman–Crippen LogP) is 1.79. The number of sulfonamides is 1. The van der Waals surface area contributed by atoms with Crippen LogP contribution in [0.15, 0.2) is 24.3 Å². The minimum Gasteiger partial charge on any atom is -0.375 e. The van der Waals surface area contributed by atoms with E-state index in [4.69, 9.17) is 10.00 Å². The van der Waals surface area contributed by atoms with E-state index in [-0.39, 0.29) is 12.3 Å². The number of benzene rings is 1. The summed E-state index contributed by atoms with van der Waals surface area (Å²) in [5.74, 6) is -0.110. The average Bonchev–Trinajstić information content (AvgIpc) is 2.37. The van der Waals surface area contributed by atoms with E-state index in [0.717, 1.165) is 0 Å². The Hall–Kier alpha value is -1.42. The van der Waals surface area contributed by atoms with Gasteiger partial charge in [0, 0.05) is 13.2 Å². The summed E-state index contributed by atoms with van der Waals surface area (Å²) < 4.78 is 31.9. The molecule has 0 saturated heterocycles. The van der Waals surface area contributed by atoms with E-state index >= 15 is 0 Å². The molecule has 0 aromatic heterocycles. The molecule has 0 aliphatic heterocycles. The van der Waals surface area contributed by atoms with Gasteiger partial charge in [-0.05, 0) is 38.5 Å². The second-order valence-corrected chi connectivity index (χ2v) is 6.89. The van der Waals surface area contributed by atoms with E-state index in [0.29, 0.717) is 17.7 Å². The first-order valence-corrected chi connectivity index (χ1v) is 8.03. The highest BCUT2D eigenvalue weighted by Crippen LogP contribution is 2.10.